The maximum absolute atomic E-state index is 11.7. The van der Waals surface area contributed by atoms with E-state index in [1.165, 1.54) is 19.1 Å². The van der Waals surface area contributed by atoms with E-state index in [2.05, 4.69) is 10.1 Å². The normalized spacial score (nSPS) is 25.0. The summed E-state index contributed by atoms with van der Waals surface area (Å²) >= 11 is 0. The summed E-state index contributed by atoms with van der Waals surface area (Å²) in [6, 6.07) is -0.394. The minimum absolute atomic E-state index is 0.0659. The number of aliphatic hydroxyl groups is 1. The predicted octanol–water partition coefficient (Wildman–Crippen LogP) is -1.66. The Balaban J connectivity index is 2.42. The van der Waals surface area contributed by atoms with Crippen LogP contribution in [0.15, 0.2) is 0 Å². The largest absolute Gasteiger partial charge is 0.468 e. The second-order valence-corrected chi connectivity index (χ2v) is 3.62. The molecule has 1 heterocycles. The first-order chi connectivity index (χ1) is 7.04. The molecule has 1 rings (SSSR count). The van der Waals surface area contributed by atoms with E-state index in [9.17, 15) is 14.7 Å². The lowest BCUT2D eigenvalue weighted by Crippen LogP contribution is -2.43. The molecular weight excluding hydrogens is 200 g/mol. The maximum atomic E-state index is 11.7. The van der Waals surface area contributed by atoms with E-state index in [-0.39, 0.29) is 12.5 Å². The molecule has 86 valence electrons. The molecule has 0 radical (unpaired) electrons. The van der Waals surface area contributed by atoms with Crippen molar-refractivity contribution in [2.75, 3.05) is 27.2 Å². The lowest BCUT2D eigenvalue weighted by Gasteiger charge is -2.19. The zero-order valence-electron chi connectivity index (χ0n) is 8.90. The van der Waals surface area contributed by atoms with E-state index in [1.54, 1.807) is 0 Å². The minimum atomic E-state index is -0.481. The highest BCUT2D eigenvalue weighted by molar-refractivity contribution is 5.85. The van der Waals surface area contributed by atoms with Crippen molar-refractivity contribution in [3.63, 3.8) is 0 Å². The van der Waals surface area contributed by atoms with Crippen LogP contribution < -0.4 is 5.32 Å². The topological polar surface area (TPSA) is 78.9 Å². The Morgan fingerprint density at radius 2 is 2.27 bits per heavy atom. The molecule has 6 heteroatoms. The Morgan fingerprint density at radius 3 is 2.73 bits per heavy atom. The van der Waals surface area contributed by atoms with Gasteiger partial charge in [0.15, 0.2) is 0 Å². The average molecular weight is 216 g/mol. The number of aliphatic hydroxyl groups excluding tert-OH is 1. The number of carbonyl (C=O) groups excluding carboxylic acids is 2. The number of esters is 1. The van der Waals surface area contributed by atoms with Gasteiger partial charge < -0.3 is 20.1 Å². The molecule has 0 aromatic heterocycles. The number of hydrogen-bond acceptors (Lipinski definition) is 5. The molecule has 0 aromatic carbocycles. The van der Waals surface area contributed by atoms with Crippen LogP contribution in [0.1, 0.15) is 6.42 Å². The van der Waals surface area contributed by atoms with Crippen molar-refractivity contribution in [3.05, 3.63) is 0 Å². The fraction of sp³-hybridized carbons (Fsp3) is 0.778. The lowest BCUT2D eigenvalue weighted by atomic mass is 10.2. The van der Waals surface area contributed by atoms with Crippen LogP contribution in [0.2, 0.25) is 0 Å². The molecule has 6 nitrogen and oxygen atoms in total. The number of methoxy groups -OCH3 is 1. The van der Waals surface area contributed by atoms with Gasteiger partial charge in [0.25, 0.3) is 0 Å². The summed E-state index contributed by atoms with van der Waals surface area (Å²) in [4.78, 5) is 23.9. The van der Waals surface area contributed by atoms with Crippen LogP contribution in [0.5, 0.6) is 0 Å². The highest BCUT2D eigenvalue weighted by atomic mass is 16.5. The van der Waals surface area contributed by atoms with Gasteiger partial charge in [-0.1, -0.05) is 0 Å². The van der Waals surface area contributed by atoms with E-state index in [1.807, 2.05) is 0 Å². The number of rotatable bonds is 3. The number of amides is 1. The van der Waals surface area contributed by atoms with Crippen LogP contribution in [-0.2, 0) is 14.3 Å². The number of nitrogens with one attached hydrogen (secondary N) is 1. The second-order valence-electron chi connectivity index (χ2n) is 3.62. The Bertz CT molecular complexity index is 256. The van der Waals surface area contributed by atoms with E-state index in [0.717, 1.165) is 0 Å². The molecule has 0 bridgehead atoms. The third kappa shape index (κ3) is 3.17. The molecule has 1 fully saturated rings. The van der Waals surface area contributed by atoms with E-state index in [0.29, 0.717) is 13.0 Å². The van der Waals surface area contributed by atoms with Crippen molar-refractivity contribution < 1.29 is 19.4 Å². The Hall–Kier alpha value is -1.14. The second kappa shape index (κ2) is 5.09. The Kier molecular flexibility index (Phi) is 4.05. The summed E-state index contributed by atoms with van der Waals surface area (Å²) in [7, 11) is 2.81. The molecule has 1 aliphatic heterocycles. The van der Waals surface area contributed by atoms with Crippen molar-refractivity contribution >= 4 is 11.9 Å². The summed E-state index contributed by atoms with van der Waals surface area (Å²) in [5.41, 5.74) is 0. The smallest absolute Gasteiger partial charge is 0.325 e. The van der Waals surface area contributed by atoms with Gasteiger partial charge in [-0.05, 0) is 6.42 Å². The van der Waals surface area contributed by atoms with Crippen LogP contribution in [0, 0.1) is 0 Å². The van der Waals surface area contributed by atoms with Crippen molar-refractivity contribution in [2.45, 2.75) is 18.6 Å². The van der Waals surface area contributed by atoms with Crippen LogP contribution in [0.3, 0.4) is 0 Å². The van der Waals surface area contributed by atoms with Crippen LogP contribution >= 0.6 is 0 Å². The molecule has 2 N–H and O–H groups in total. The summed E-state index contributed by atoms with van der Waals surface area (Å²) in [6.45, 7) is 0.353. The van der Waals surface area contributed by atoms with Crippen LogP contribution in [-0.4, -0.2) is 61.3 Å². The quantitative estimate of drug-likeness (QED) is 0.552. The zero-order valence-corrected chi connectivity index (χ0v) is 8.90. The van der Waals surface area contributed by atoms with Gasteiger partial charge in [-0.25, -0.2) is 0 Å². The molecule has 2 atom stereocenters. The van der Waals surface area contributed by atoms with Crippen LogP contribution in [0.25, 0.3) is 0 Å². The average Bonchev–Trinajstić information content (AvgIpc) is 2.63. The summed E-state index contributed by atoms with van der Waals surface area (Å²) in [5, 5.41) is 12.1. The van der Waals surface area contributed by atoms with Gasteiger partial charge in [0.05, 0.1) is 19.3 Å². The molecule has 0 saturated carbocycles. The first-order valence-electron chi connectivity index (χ1n) is 4.78. The van der Waals surface area contributed by atoms with Gasteiger partial charge in [0.1, 0.15) is 6.54 Å². The Labute approximate surface area is 88.2 Å². The number of hydrogen-bond donors (Lipinski definition) is 2. The minimum Gasteiger partial charge on any atom is -0.468 e. The third-order valence-electron chi connectivity index (χ3n) is 2.38. The molecule has 2 unspecified atom stereocenters. The Morgan fingerprint density at radius 1 is 1.60 bits per heavy atom. The van der Waals surface area contributed by atoms with Gasteiger partial charge in [0, 0.05) is 13.6 Å². The van der Waals surface area contributed by atoms with Gasteiger partial charge in [-0.15, -0.1) is 0 Å². The molecular formula is C9H16N2O4. The van der Waals surface area contributed by atoms with Gasteiger partial charge in [-0.2, -0.15) is 0 Å². The third-order valence-corrected chi connectivity index (χ3v) is 2.38. The van der Waals surface area contributed by atoms with Crippen molar-refractivity contribution in [1.29, 1.82) is 0 Å². The highest BCUT2D eigenvalue weighted by Crippen LogP contribution is 2.08. The number of ether oxygens (including phenoxy) is 1. The molecule has 0 spiro atoms. The standard InChI is InChI=1S/C9H16N2O4/c1-11(5-8(13)15-2)9(14)7-3-6(12)4-10-7/h6-7,10,12H,3-5H2,1-2H3. The highest BCUT2D eigenvalue weighted by Gasteiger charge is 2.30. The van der Waals surface area contributed by atoms with Gasteiger partial charge in [-0.3, -0.25) is 9.59 Å². The molecule has 1 amide bonds. The summed E-state index contributed by atoms with van der Waals surface area (Å²) in [5.74, 6) is -0.652. The van der Waals surface area contributed by atoms with E-state index >= 15 is 0 Å². The molecule has 1 saturated heterocycles. The van der Waals surface area contributed by atoms with Gasteiger partial charge in [0.2, 0.25) is 5.91 Å². The van der Waals surface area contributed by atoms with Crippen molar-refractivity contribution in [2.24, 2.45) is 0 Å². The van der Waals surface area contributed by atoms with Crippen molar-refractivity contribution in [3.8, 4) is 0 Å². The molecule has 1 aliphatic rings. The molecule has 0 aliphatic carbocycles. The number of carbonyl (C=O) groups is 2. The summed E-state index contributed by atoms with van der Waals surface area (Å²) < 4.78 is 4.45. The van der Waals surface area contributed by atoms with Crippen molar-refractivity contribution in [1.82, 2.24) is 10.2 Å². The summed E-state index contributed by atoms with van der Waals surface area (Å²) in [6.07, 6.45) is -0.0878. The van der Waals surface area contributed by atoms with E-state index in [4.69, 9.17) is 0 Å². The fourth-order valence-corrected chi connectivity index (χ4v) is 1.51. The predicted molar refractivity (Wildman–Crippen MR) is 52.1 cm³/mol. The zero-order chi connectivity index (χ0) is 11.4. The molecule has 0 aromatic rings. The van der Waals surface area contributed by atoms with Gasteiger partial charge >= 0.3 is 5.97 Å². The number of likely N-dealkylation sites (N-methyl/N-ethyl adjacent to an activating group) is 1. The number of nitrogens with zero attached hydrogens (tertiary/aromatic N) is 1. The SMILES string of the molecule is COC(=O)CN(C)C(=O)C1CC(O)CN1. The lowest BCUT2D eigenvalue weighted by molar-refractivity contribution is -0.146. The molecule has 15 heavy (non-hydrogen) atoms. The maximum Gasteiger partial charge on any atom is 0.325 e. The van der Waals surface area contributed by atoms with E-state index < -0.39 is 18.1 Å². The number of β-amino-alcohol motifs (C(OH)–C–C–N with tert-alkyl or cyclic N) is 1. The first kappa shape index (κ1) is 11.9. The fourth-order valence-electron chi connectivity index (χ4n) is 1.51. The monoisotopic (exact) mass is 216 g/mol. The first-order valence-corrected chi connectivity index (χ1v) is 4.78. The van der Waals surface area contributed by atoms with Crippen LogP contribution in [0.4, 0.5) is 0 Å².